The average Bonchev–Trinajstić information content (AvgIpc) is 2.97. The second kappa shape index (κ2) is 6.35. The van der Waals surface area contributed by atoms with Crippen LogP contribution in [0.3, 0.4) is 0 Å². The van der Waals surface area contributed by atoms with Gasteiger partial charge >= 0.3 is 0 Å². The third-order valence-electron chi connectivity index (χ3n) is 2.77. The summed E-state index contributed by atoms with van der Waals surface area (Å²) >= 11 is 0. The summed E-state index contributed by atoms with van der Waals surface area (Å²) in [7, 11) is 0. The molecule has 18 heavy (non-hydrogen) atoms. The van der Waals surface area contributed by atoms with Gasteiger partial charge in [0.05, 0.1) is 18.3 Å². The minimum atomic E-state index is 0.497. The van der Waals surface area contributed by atoms with Crippen LogP contribution in [0.4, 0.5) is 0 Å². The van der Waals surface area contributed by atoms with E-state index in [4.69, 9.17) is 0 Å². The van der Waals surface area contributed by atoms with Crippen LogP contribution in [0.25, 0.3) is 0 Å². The monoisotopic (exact) mass is 247 g/mol. The minimum Gasteiger partial charge on any atom is -0.337 e. The number of hydrogen-bond donors (Lipinski definition) is 1. The van der Waals surface area contributed by atoms with Gasteiger partial charge in [-0.25, -0.2) is 9.97 Å². The number of hydrogen-bond acceptors (Lipinski definition) is 3. The van der Waals surface area contributed by atoms with Crippen LogP contribution in [0.2, 0.25) is 0 Å². The molecule has 2 aromatic rings. The molecule has 0 radical (unpaired) electrons. The molecule has 0 aromatic carbocycles. The van der Waals surface area contributed by atoms with Gasteiger partial charge in [0.25, 0.3) is 0 Å². The maximum absolute atomic E-state index is 4.39. The van der Waals surface area contributed by atoms with E-state index in [1.165, 1.54) is 0 Å². The van der Waals surface area contributed by atoms with E-state index in [0.29, 0.717) is 6.04 Å². The van der Waals surface area contributed by atoms with Crippen molar-refractivity contribution in [3.63, 3.8) is 0 Å². The Labute approximate surface area is 108 Å². The van der Waals surface area contributed by atoms with Gasteiger partial charge in [0.1, 0.15) is 0 Å². The second-order valence-electron chi connectivity index (χ2n) is 4.79. The lowest BCUT2D eigenvalue weighted by atomic mass is 10.3. The van der Waals surface area contributed by atoms with Crippen LogP contribution >= 0.6 is 0 Å². The van der Waals surface area contributed by atoms with Gasteiger partial charge in [0.15, 0.2) is 0 Å². The molecule has 2 aromatic heterocycles. The Morgan fingerprint density at radius 2 is 2.06 bits per heavy atom. The summed E-state index contributed by atoms with van der Waals surface area (Å²) < 4.78 is 4.24. The molecule has 0 atom stereocenters. The van der Waals surface area contributed by atoms with Gasteiger partial charge in [-0.3, -0.25) is 0 Å². The Balaban J connectivity index is 1.73. The van der Waals surface area contributed by atoms with Crippen molar-refractivity contribution in [3.8, 4) is 0 Å². The van der Waals surface area contributed by atoms with E-state index in [1.807, 2.05) is 25.0 Å². The molecule has 0 saturated heterocycles. The van der Waals surface area contributed by atoms with E-state index >= 15 is 0 Å². The largest absolute Gasteiger partial charge is 0.337 e. The zero-order chi connectivity index (χ0) is 12.8. The van der Waals surface area contributed by atoms with Crippen molar-refractivity contribution in [2.24, 2.45) is 0 Å². The molecule has 0 fully saturated rings. The van der Waals surface area contributed by atoms with Crippen LogP contribution in [0, 0.1) is 0 Å². The van der Waals surface area contributed by atoms with Crippen molar-refractivity contribution in [1.82, 2.24) is 24.4 Å². The summed E-state index contributed by atoms with van der Waals surface area (Å²) in [4.78, 5) is 8.41. The lowest BCUT2D eigenvalue weighted by Crippen LogP contribution is -2.21. The topological polar surface area (TPSA) is 47.7 Å². The van der Waals surface area contributed by atoms with Crippen LogP contribution in [0.5, 0.6) is 0 Å². The number of aryl methyl sites for hydroxylation is 2. The predicted octanol–water partition coefficient (Wildman–Crippen LogP) is 1.67. The Morgan fingerprint density at radius 3 is 2.78 bits per heavy atom. The van der Waals surface area contributed by atoms with Crippen molar-refractivity contribution >= 4 is 0 Å². The zero-order valence-electron chi connectivity index (χ0n) is 11.1. The van der Waals surface area contributed by atoms with Crippen LogP contribution in [-0.4, -0.2) is 25.1 Å². The third-order valence-corrected chi connectivity index (χ3v) is 2.77. The first kappa shape index (κ1) is 12.8. The molecule has 5 heteroatoms. The molecule has 2 rings (SSSR count). The highest BCUT2D eigenvalue weighted by molar-refractivity contribution is 4.96. The standard InChI is InChI=1S/C13H21N5/c1-12(2)15-8-13-9-18(11-16-13)6-3-5-17-7-4-14-10-17/h4,7,9-12,15H,3,5-6,8H2,1-2H3. The fourth-order valence-electron chi connectivity index (χ4n) is 1.78. The molecule has 0 aliphatic carbocycles. The second-order valence-corrected chi connectivity index (χ2v) is 4.79. The van der Waals surface area contributed by atoms with E-state index < -0.39 is 0 Å². The Hall–Kier alpha value is -1.62. The SMILES string of the molecule is CC(C)NCc1cn(CCCn2ccnc2)cn1. The van der Waals surface area contributed by atoms with Crippen LogP contribution in [0.15, 0.2) is 31.2 Å². The van der Waals surface area contributed by atoms with Crippen LogP contribution in [-0.2, 0) is 19.6 Å². The molecule has 0 saturated carbocycles. The van der Waals surface area contributed by atoms with Crippen molar-refractivity contribution in [2.45, 2.75) is 45.9 Å². The highest BCUT2D eigenvalue weighted by Gasteiger charge is 2.00. The summed E-state index contributed by atoms with van der Waals surface area (Å²) in [5, 5.41) is 3.37. The number of nitrogens with zero attached hydrogens (tertiary/aromatic N) is 4. The number of nitrogens with one attached hydrogen (secondary N) is 1. The van der Waals surface area contributed by atoms with E-state index in [9.17, 15) is 0 Å². The summed E-state index contributed by atoms with van der Waals surface area (Å²) in [6, 6.07) is 0.497. The molecule has 98 valence electrons. The summed E-state index contributed by atoms with van der Waals surface area (Å²) in [6.45, 7) is 7.11. The Morgan fingerprint density at radius 1 is 1.22 bits per heavy atom. The van der Waals surface area contributed by atoms with E-state index in [1.54, 1.807) is 0 Å². The number of rotatable bonds is 7. The molecular formula is C13H21N5. The van der Waals surface area contributed by atoms with Gasteiger partial charge in [-0.05, 0) is 6.42 Å². The first-order valence-corrected chi connectivity index (χ1v) is 6.44. The van der Waals surface area contributed by atoms with Crippen molar-refractivity contribution < 1.29 is 0 Å². The molecule has 0 aliphatic heterocycles. The van der Waals surface area contributed by atoms with E-state index in [0.717, 1.165) is 31.7 Å². The maximum Gasteiger partial charge on any atom is 0.0949 e. The van der Waals surface area contributed by atoms with Gasteiger partial charge in [-0.2, -0.15) is 0 Å². The first-order valence-electron chi connectivity index (χ1n) is 6.44. The minimum absolute atomic E-state index is 0.497. The fraction of sp³-hybridized carbons (Fsp3) is 0.538. The molecule has 0 bridgehead atoms. The van der Waals surface area contributed by atoms with Crippen LogP contribution in [0.1, 0.15) is 26.0 Å². The molecule has 0 aliphatic rings. The lowest BCUT2D eigenvalue weighted by Gasteiger charge is -2.05. The molecule has 5 nitrogen and oxygen atoms in total. The average molecular weight is 247 g/mol. The van der Waals surface area contributed by atoms with Crippen molar-refractivity contribution in [1.29, 1.82) is 0 Å². The molecule has 0 amide bonds. The smallest absolute Gasteiger partial charge is 0.0949 e. The highest BCUT2D eigenvalue weighted by Crippen LogP contribution is 2.00. The zero-order valence-corrected chi connectivity index (χ0v) is 11.1. The summed E-state index contributed by atoms with van der Waals surface area (Å²) in [5.41, 5.74) is 1.10. The highest BCUT2D eigenvalue weighted by atomic mass is 15.1. The van der Waals surface area contributed by atoms with Gasteiger partial charge in [-0.15, -0.1) is 0 Å². The van der Waals surface area contributed by atoms with Crippen molar-refractivity contribution in [2.75, 3.05) is 0 Å². The number of aromatic nitrogens is 4. The van der Waals surface area contributed by atoms with E-state index in [-0.39, 0.29) is 0 Å². The predicted molar refractivity (Wildman–Crippen MR) is 71.0 cm³/mol. The van der Waals surface area contributed by atoms with Gasteiger partial charge in [0.2, 0.25) is 0 Å². The quantitative estimate of drug-likeness (QED) is 0.809. The lowest BCUT2D eigenvalue weighted by molar-refractivity contribution is 0.560. The molecule has 2 heterocycles. The van der Waals surface area contributed by atoms with Crippen LogP contribution < -0.4 is 5.32 Å². The maximum atomic E-state index is 4.39. The van der Waals surface area contributed by atoms with Gasteiger partial charge in [0, 0.05) is 44.3 Å². The Kier molecular flexibility index (Phi) is 4.52. The normalized spacial score (nSPS) is 11.3. The van der Waals surface area contributed by atoms with E-state index in [2.05, 4.69) is 44.5 Å². The number of imidazole rings is 2. The molecule has 0 spiro atoms. The first-order chi connectivity index (χ1) is 8.74. The fourth-order valence-corrected chi connectivity index (χ4v) is 1.78. The molecular weight excluding hydrogens is 226 g/mol. The van der Waals surface area contributed by atoms with Gasteiger partial charge in [-0.1, -0.05) is 13.8 Å². The molecule has 0 unspecified atom stereocenters. The third kappa shape index (κ3) is 4.00. The molecule has 1 N–H and O–H groups in total. The van der Waals surface area contributed by atoms with Crippen molar-refractivity contribution in [3.05, 3.63) is 36.9 Å². The summed E-state index contributed by atoms with van der Waals surface area (Å²) in [5.74, 6) is 0. The Bertz CT molecular complexity index is 444. The van der Waals surface area contributed by atoms with Gasteiger partial charge < -0.3 is 14.5 Å². The summed E-state index contributed by atoms with van der Waals surface area (Å²) in [6.07, 6.45) is 10.8.